The van der Waals surface area contributed by atoms with E-state index in [4.69, 9.17) is 4.74 Å². The Balaban J connectivity index is 1.35. The molecule has 2 aromatic rings. The Hall–Kier alpha value is -2.53. The van der Waals surface area contributed by atoms with Crippen molar-refractivity contribution in [1.29, 1.82) is 0 Å². The van der Waals surface area contributed by atoms with Gasteiger partial charge in [0.1, 0.15) is 0 Å². The van der Waals surface area contributed by atoms with E-state index < -0.39 is 0 Å². The Bertz CT molecular complexity index is 685. The number of carbonyl (C=O) groups is 1. The summed E-state index contributed by atoms with van der Waals surface area (Å²) in [7, 11) is 0. The van der Waals surface area contributed by atoms with Crippen molar-refractivity contribution in [2.45, 2.75) is 25.9 Å². The quantitative estimate of drug-likeness (QED) is 0.705. The zero-order valence-electron chi connectivity index (χ0n) is 15.1. The third-order valence-corrected chi connectivity index (χ3v) is 4.46. The zero-order valence-corrected chi connectivity index (χ0v) is 15.1. The third-order valence-electron chi connectivity index (χ3n) is 4.46. The molecular formula is C21H27N3O2. The van der Waals surface area contributed by atoms with Crippen molar-refractivity contribution in [3.05, 3.63) is 60.2 Å². The lowest BCUT2D eigenvalue weighted by molar-refractivity contribution is 0.119. The molecule has 5 nitrogen and oxygen atoms in total. The molecule has 1 heterocycles. The van der Waals surface area contributed by atoms with E-state index in [1.165, 1.54) is 12.8 Å². The van der Waals surface area contributed by atoms with Gasteiger partial charge in [-0.25, -0.2) is 4.79 Å². The van der Waals surface area contributed by atoms with Gasteiger partial charge in [0.05, 0.1) is 18.0 Å². The summed E-state index contributed by atoms with van der Waals surface area (Å²) in [4.78, 5) is 14.5. The van der Waals surface area contributed by atoms with Gasteiger partial charge >= 0.3 is 6.03 Å². The predicted octanol–water partition coefficient (Wildman–Crippen LogP) is 4.02. The Morgan fingerprint density at radius 3 is 2.54 bits per heavy atom. The van der Waals surface area contributed by atoms with Crippen LogP contribution >= 0.6 is 0 Å². The van der Waals surface area contributed by atoms with Gasteiger partial charge in [0, 0.05) is 26.2 Å². The van der Waals surface area contributed by atoms with Gasteiger partial charge < -0.3 is 20.3 Å². The highest BCUT2D eigenvalue weighted by molar-refractivity contribution is 5.93. The number of hydrogen-bond acceptors (Lipinski definition) is 3. The minimum atomic E-state index is -0.167. The summed E-state index contributed by atoms with van der Waals surface area (Å²) in [5.74, 6) is 0. The maximum absolute atomic E-state index is 12.2. The van der Waals surface area contributed by atoms with Crippen molar-refractivity contribution in [1.82, 2.24) is 5.32 Å². The van der Waals surface area contributed by atoms with Gasteiger partial charge in [0.25, 0.3) is 0 Å². The van der Waals surface area contributed by atoms with E-state index >= 15 is 0 Å². The summed E-state index contributed by atoms with van der Waals surface area (Å²) >= 11 is 0. The Labute approximate surface area is 155 Å². The number of carbonyl (C=O) groups excluding carboxylic acids is 1. The van der Waals surface area contributed by atoms with Crippen molar-refractivity contribution >= 4 is 17.4 Å². The van der Waals surface area contributed by atoms with Crippen molar-refractivity contribution < 1.29 is 9.53 Å². The topological polar surface area (TPSA) is 53.6 Å². The van der Waals surface area contributed by atoms with Gasteiger partial charge in [-0.05, 0) is 37.0 Å². The van der Waals surface area contributed by atoms with Crippen LogP contribution in [0.25, 0.3) is 0 Å². The number of nitrogens with zero attached hydrogens (tertiary/aromatic N) is 1. The summed E-state index contributed by atoms with van der Waals surface area (Å²) < 4.78 is 5.63. The number of nitrogens with one attached hydrogen (secondary N) is 2. The molecule has 0 radical (unpaired) electrons. The highest BCUT2D eigenvalue weighted by atomic mass is 16.5. The Morgan fingerprint density at radius 1 is 1.00 bits per heavy atom. The molecule has 1 fully saturated rings. The van der Waals surface area contributed by atoms with Crippen molar-refractivity contribution in [2.24, 2.45) is 0 Å². The van der Waals surface area contributed by atoms with Crippen LogP contribution in [0.15, 0.2) is 54.6 Å². The summed E-state index contributed by atoms with van der Waals surface area (Å²) in [5.41, 5.74) is 3.13. The van der Waals surface area contributed by atoms with Crippen molar-refractivity contribution in [3.63, 3.8) is 0 Å². The summed E-state index contributed by atoms with van der Waals surface area (Å²) in [6.07, 6.45) is 3.21. The van der Waals surface area contributed by atoms with E-state index in [9.17, 15) is 4.79 Å². The smallest absolute Gasteiger partial charge is 0.319 e. The standard InChI is InChI=1S/C21H27N3O2/c25-21(22-13-8-16-26-17-18-9-2-1-3-10-18)23-19-11-4-5-12-20(19)24-14-6-7-15-24/h1-5,9-12H,6-8,13-17H2,(H2,22,23,25). The average molecular weight is 353 g/mol. The number of anilines is 2. The Kier molecular flexibility index (Phi) is 6.90. The predicted molar refractivity (Wildman–Crippen MR) is 106 cm³/mol. The fraction of sp³-hybridized carbons (Fsp3) is 0.381. The lowest BCUT2D eigenvalue weighted by Gasteiger charge is -2.21. The maximum atomic E-state index is 12.2. The van der Waals surface area contributed by atoms with Crippen LogP contribution in [0.1, 0.15) is 24.8 Å². The average Bonchev–Trinajstić information content (AvgIpc) is 3.20. The first-order valence-electron chi connectivity index (χ1n) is 9.33. The minimum Gasteiger partial charge on any atom is -0.377 e. The number of rotatable bonds is 8. The molecule has 0 atom stereocenters. The maximum Gasteiger partial charge on any atom is 0.319 e. The lowest BCUT2D eigenvalue weighted by atomic mass is 10.2. The second-order valence-electron chi connectivity index (χ2n) is 6.48. The lowest BCUT2D eigenvalue weighted by Crippen LogP contribution is -2.31. The van der Waals surface area contributed by atoms with Crippen LogP contribution in [0.2, 0.25) is 0 Å². The molecule has 0 bridgehead atoms. The summed E-state index contributed by atoms with van der Waals surface area (Å²) in [5, 5.41) is 5.87. The summed E-state index contributed by atoms with van der Waals surface area (Å²) in [6, 6.07) is 17.9. The summed E-state index contributed by atoms with van der Waals surface area (Å²) in [6.45, 7) is 3.93. The molecule has 1 aliphatic heterocycles. The van der Waals surface area contributed by atoms with E-state index in [2.05, 4.69) is 21.6 Å². The van der Waals surface area contributed by atoms with Gasteiger partial charge in [-0.1, -0.05) is 42.5 Å². The molecule has 5 heteroatoms. The zero-order chi connectivity index (χ0) is 18.0. The molecule has 3 rings (SSSR count). The van der Waals surface area contributed by atoms with Crippen LogP contribution in [-0.4, -0.2) is 32.3 Å². The number of benzene rings is 2. The fourth-order valence-corrected chi connectivity index (χ4v) is 3.12. The van der Waals surface area contributed by atoms with Crippen LogP contribution in [0.3, 0.4) is 0 Å². The fourth-order valence-electron chi connectivity index (χ4n) is 3.12. The molecule has 0 aromatic heterocycles. The highest BCUT2D eigenvalue weighted by Crippen LogP contribution is 2.28. The number of amides is 2. The Morgan fingerprint density at radius 2 is 1.73 bits per heavy atom. The van der Waals surface area contributed by atoms with Gasteiger partial charge in [0.15, 0.2) is 0 Å². The molecule has 2 amide bonds. The van der Waals surface area contributed by atoms with Gasteiger partial charge in [-0.2, -0.15) is 0 Å². The molecule has 1 saturated heterocycles. The number of para-hydroxylation sites is 2. The molecule has 26 heavy (non-hydrogen) atoms. The molecule has 0 aliphatic carbocycles. The SMILES string of the molecule is O=C(NCCCOCc1ccccc1)Nc1ccccc1N1CCCC1. The first kappa shape index (κ1) is 18.3. The van der Waals surface area contributed by atoms with E-state index in [1.54, 1.807) is 0 Å². The van der Waals surface area contributed by atoms with E-state index in [0.29, 0.717) is 19.8 Å². The van der Waals surface area contributed by atoms with E-state index in [0.717, 1.165) is 36.4 Å². The van der Waals surface area contributed by atoms with Crippen LogP contribution in [0, 0.1) is 0 Å². The second-order valence-corrected chi connectivity index (χ2v) is 6.48. The van der Waals surface area contributed by atoms with Crippen LogP contribution in [0.4, 0.5) is 16.2 Å². The highest BCUT2D eigenvalue weighted by Gasteiger charge is 2.16. The molecule has 1 aliphatic rings. The first-order chi connectivity index (χ1) is 12.8. The second kappa shape index (κ2) is 9.82. The number of urea groups is 1. The number of hydrogen-bond donors (Lipinski definition) is 2. The largest absolute Gasteiger partial charge is 0.377 e. The number of ether oxygens (including phenoxy) is 1. The molecule has 0 saturated carbocycles. The normalized spacial score (nSPS) is 13.6. The monoisotopic (exact) mass is 353 g/mol. The van der Waals surface area contributed by atoms with Crippen LogP contribution < -0.4 is 15.5 Å². The van der Waals surface area contributed by atoms with Crippen LogP contribution in [-0.2, 0) is 11.3 Å². The van der Waals surface area contributed by atoms with Crippen molar-refractivity contribution in [3.8, 4) is 0 Å². The van der Waals surface area contributed by atoms with Gasteiger partial charge in [-0.15, -0.1) is 0 Å². The van der Waals surface area contributed by atoms with Gasteiger partial charge in [0.2, 0.25) is 0 Å². The molecule has 0 unspecified atom stereocenters. The molecule has 0 spiro atoms. The van der Waals surface area contributed by atoms with Crippen LogP contribution in [0.5, 0.6) is 0 Å². The van der Waals surface area contributed by atoms with Gasteiger partial charge in [-0.3, -0.25) is 0 Å². The van der Waals surface area contributed by atoms with Crippen molar-refractivity contribution in [2.75, 3.05) is 36.5 Å². The molecule has 2 aromatic carbocycles. The molecule has 138 valence electrons. The molecule has 2 N–H and O–H groups in total. The minimum absolute atomic E-state index is 0.167. The van der Waals surface area contributed by atoms with E-state index in [1.807, 2.05) is 48.5 Å². The van der Waals surface area contributed by atoms with E-state index in [-0.39, 0.29) is 6.03 Å². The third kappa shape index (κ3) is 5.49. The first-order valence-corrected chi connectivity index (χ1v) is 9.33. The molecular weight excluding hydrogens is 326 g/mol.